The van der Waals surface area contributed by atoms with E-state index in [0.29, 0.717) is 0 Å². The van der Waals surface area contributed by atoms with Crippen LogP contribution in [0.2, 0.25) is 0 Å². The standard InChI is InChI=1S/C14H23NO2/c1-16-10-14-9-15(4-5-17-14)8-13-7-11-2-3-12(13)6-11/h2-3,11-14H,4-10H2,1H3/t11-,12-,13+,14+/m0/s1. The van der Waals surface area contributed by atoms with Gasteiger partial charge in [-0.3, -0.25) is 4.90 Å². The van der Waals surface area contributed by atoms with Gasteiger partial charge in [0.05, 0.1) is 19.3 Å². The van der Waals surface area contributed by atoms with Gasteiger partial charge >= 0.3 is 0 Å². The number of methoxy groups -OCH3 is 1. The van der Waals surface area contributed by atoms with Gasteiger partial charge in [-0.05, 0) is 30.6 Å². The van der Waals surface area contributed by atoms with Crippen molar-refractivity contribution in [2.45, 2.75) is 18.9 Å². The van der Waals surface area contributed by atoms with Crippen molar-refractivity contribution in [3.63, 3.8) is 0 Å². The van der Waals surface area contributed by atoms with Gasteiger partial charge in [-0.15, -0.1) is 0 Å². The lowest BCUT2D eigenvalue weighted by atomic mass is 9.93. The van der Waals surface area contributed by atoms with Gasteiger partial charge in [0.25, 0.3) is 0 Å². The summed E-state index contributed by atoms with van der Waals surface area (Å²) in [5, 5.41) is 0. The maximum Gasteiger partial charge on any atom is 0.0935 e. The van der Waals surface area contributed by atoms with Crippen LogP contribution in [0.4, 0.5) is 0 Å². The number of allylic oxidation sites excluding steroid dienone is 2. The Bertz CT molecular complexity index is 290. The van der Waals surface area contributed by atoms with Gasteiger partial charge in [0, 0.05) is 26.7 Å². The fourth-order valence-electron chi connectivity index (χ4n) is 3.67. The molecule has 2 fully saturated rings. The molecule has 0 amide bonds. The van der Waals surface area contributed by atoms with Crippen LogP contribution in [-0.4, -0.2) is 51.0 Å². The molecule has 1 aliphatic heterocycles. The molecule has 3 heteroatoms. The molecule has 2 aliphatic carbocycles. The van der Waals surface area contributed by atoms with E-state index in [1.54, 1.807) is 7.11 Å². The van der Waals surface area contributed by atoms with Gasteiger partial charge in [-0.2, -0.15) is 0 Å². The quantitative estimate of drug-likeness (QED) is 0.692. The minimum absolute atomic E-state index is 0.280. The number of ether oxygens (including phenoxy) is 2. The van der Waals surface area contributed by atoms with Crippen LogP contribution in [0.5, 0.6) is 0 Å². The summed E-state index contributed by atoms with van der Waals surface area (Å²) in [6, 6.07) is 0. The molecule has 0 radical (unpaired) electrons. The third kappa shape index (κ3) is 2.56. The Hall–Kier alpha value is -0.380. The highest BCUT2D eigenvalue weighted by molar-refractivity contribution is 5.10. The van der Waals surface area contributed by atoms with Crippen molar-refractivity contribution in [3.05, 3.63) is 12.2 Å². The van der Waals surface area contributed by atoms with E-state index in [-0.39, 0.29) is 6.10 Å². The van der Waals surface area contributed by atoms with E-state index in [1.165, 1.54) is 19.4 Å². The summed E-state index contributed by atoms with van der Waals surface area (Å²) in [6.07, 6.45) is 7.98. The van der Waals surface area contributed by atoms with E-state index in [4.69, 9.17) is 9.47 Å². The molecule has 2 bridgehead atoms. The number of nitrogens with zero attached hydrogens (tertiary/aromatic N) is 1. The fraction of sp³-hybridized carbons (Fsp3) is 0.857. The summed E-state index contributed by atoms with van der Waals surface area (Å²) in [4.78, 5) is 2.58. The van der Waals surface area contributed by atoms with Crippen LogP contribution in [0, 0.1) is 17.8 Å². The van der Waals surface area contributed by atoms with Crippen molar-refractivity contribution >= 4 is 0 Å². The minimum atomic E-state index is 0.280. The van der Waals surface area contributed by atoms with Crippen molar-refractivity contribution in [1.82, 2.24) is 4.90 Å². The highest BCUT2D eigenvalue weighted by Crippen LogP contribution is 2.43. The molecule has 96 valence electrons. The monoisotopic (exact) mass is 237 g/mol. The first-order valence-corrected chi connectivity index (χ1v) is 6.86. The highest BCUT2D eigenvalue weighted by atomic mass is 16.5. The summed E-state index contributed by atoms with van der Waals surface area (Å²) < 4.78 is 10.9. The number of morpholine rings is 1. The number of fused-ring (bicyclic) bond motifs is 2. The van der Waals surface area contributed by atoms with Crippen LogP contribution in [0.25, 0.3) is 0 Å². The third-order valence-electron chi connectivity index (χ3n) is 4.48. The molecule has 3 aliphatic rings. The van der Waals surface area contributed by atoms with Crippen molar-refractivity contribution < 1.29 is 9.47 Å². The molecule has 1 saturated heterocycles. The van der Waals surface area contributed by atoms with Crippen molar-refractivity contribution in [2.75, 3.05) is 40.0 Å². The molecule has 0 N–H and O–H groups in total. The molecule has 1 saturated carbocycles. The molecule has 0 aromatic heterocycles. The lowest BCUT2D eigenvalue weighted by molar-refractivity contribution is -0.0647. The first-order valence-electron chi connectivity index (χ1n) is 6.86. The summed E-state index contributed by atoms with van der Waals surface area (Å²) in [5.41, 5.74) is 0. The average molecular weight is 237 g/mol. The third-order valence-corrected chi connectivity index (χ3v) is 4.48. The Morgan fingerprint density at radius 2 is 2.29 bits per heavy atom. The van der Waals surface area contributed by atoms with Gasteiger partial charge in [0.15, 0.2) is 0 Å². The molecule has 0 aromatic rings. The topological polar surface area (TPSA) is 21.7 Å². The fourth-order valence-corrected chi connectivity index (χ4v) is 3.67. The molecule has 1 heterocycles. The summed E-state index contributed by atoms with van der Waals surface area (Å²) in [7, 11) is 1.75. The maximum atomic E-state index is 5.69. The summed E-state index contributed by atoms with van der Waals surface area (Å²) in [5.74, 6) is 2.65. The normalized spacial score (nSPS) is 41.2. The second-order valence-electron chi connectivity index (χ2n) is 5.75. The van der Waals surface area contributed by atoms with Gasteiger partial charge in [0.1, 0.15) is 0 Å². The van der Waals surface area contributed by atoms with Crippen LogP contribution in [-0.2, 0) is 9.47 Å². The molecular formula is C14H23NO2. The SMILES string of the molecule is COC[C@H]1CN(C[C@H]2C[C@H]3C=C[C@H]2C3)CCO1. The Morgan fingerprint density at radius 1 is 1.35 bits per heavy atom. The minimum Gasteiger partial charge on any atom is -0.382 e. The van der Waals surface area contributed by atoms with E-state index in [1.807, 2.05) is 0 Å². The Morgan fingerprint density at radius 3 is 3.00 bits per heavy atom. The predicted molar refractivity (Wildman–Crippen MR) is 66.9 cm³/mol. The smallest absolute Gasteiger partial charge is 0.0935 e. The molecule has 0 spiro atoms. The lowest BCUT2D eigenvalue weighted by Gasteiger charge is -2.35. The van der Waals surface area contributed by atoms with Crippen LogP contribution >= 0.6 is 0 Å². The van der Waals surface area contributed by atoms with Gasteiger partial charge < -0.3 is 9.47 Å². The Balaban J connectivity index is 1.50. The zero-order chi connectivity index (χ0) is 11.7. The largest absolute Gasteiger partial charge is 0.382 e. The Labute approximate surface area is 104 Å². The number of hydrogen-bond acceptors (Lipinski definition) is 3. The zero-order valence-corrected chi connectivity index (χ0v) is 10.7. The van der Waals surface area contributed by atoms with E-state index >= 15 is 0 Å². The summed E-state index contributed by atoms with van der Waals surface area (Å²) in [6.45, 7) is 5.00. The predicted octanol–water partition coefficient (Wildman–Crippen LogP) is 1.55. The van der Waals surface area contributed by atoms with Gasteiger partial charge in [-0.25, -0.2) is 0 Å². The van der Waals surface area contributed by atoms with Crippen molar-refractivity contribution in [1.29, 1.82) is 0 Å². The maximum absolute atomic E-state index is 5.69. The van der Waals surface area contributed by atoms with Crippen molar-refractivity contribution in [3.8, 4) is 0 Å². The van der Waals surface area contributed by atoms with Gasteiger partial charge in [-0.1, -0.05) is 12.2 Å². The molecule has 0 unspecified atom stereocenters. The van der Waals surface area contributed by atoms with Crippen LogP contribution < -0.4 is 0 Å². The van der Waals surface area contributed by atoms with Crippen LogP contribution in [0.3, 0.4) is 0 Å². The average Bonchev–Trinajstić information content (AvgIpc) is 2.92. The van der Waals surface area contributed by atoms with Crippen molar-refractivity contribution in [2.24, 2.45) is 17.8 Å². The lowest BCUT2D eigenvalue weighted by Crippen LogP contribution is -2.46. The number of rotatable bonds is 4. The second-order valence-corrected chi connectivity index (χ2v) is 5.75. The molecule has 3 nitrogen and oxygen atoms in total. The van der Waals surface area contributed by atoms with Crippen LogP contribution in [0.1, 0.15) is 12.8 Å². The molecular weight excluding hydrogens is 214 g/mol. The first kappa shape index (κ1) is 11.7. The van der Waals surface area contributed by atoms with E-state index in [0.717, 1.165) is 44.1 Å². The van der Waals surface area contributed by atoms with Gasteiger partial charge in [0.2, 0.25) is 0 Å². The highest BCUT2D eigenvalue weighted by Gasteiger charge is 2.36. The van der Waals surface area contributed by atoms with E-state index < -0.39 is 0 Å². The summed E-state index contributed by atoms with van der Waals surface area (Å²) >= 11 is 0. The molecule has 3 rings (SSSR count). The molecule has 17 heavy (non-hydrogen) atoms. The Kier molecular flexibility index (Phi) is 3.50. The van der Waals surface area contributed by atoms with E-state index in [9.17, 15) is 0 Å². The van der Waals surface area contributed by atoms with E-state index in [2.05, 4.69) is 17.1 Å². The number of hydrogen-bond donors (Lipinski definition) is 0. The zero-order valence-electron chi connectivity index (χ0n) is 10.7. The molecule has 0 aromatic carbocycles. The first-order chi connectivity index (χ1) is 8.35. The second kappa shape index (κ2) is 5.09. The van der Waals surface area contributed by atoms with Crippen LogP contribution in [0.15, 0.2) is 12.2 Å². The molecule has 4 atom stereocenters.